The van der Waals surface area contributed by atoms with Crippen LogP contribution in [-0.2, 0) is 19.1 Å². The highest BCUT2D eigenvalue weighted by Gasteiger charge is 2.71. The van der Waals surface area contributed by atoms with Crippen molar-refractivity contribution in [1.29, 1.82) is 0 Å². The Hall–Kier alpha value is -2.34. The van der Waals surface area contributed by atoms with Gasteiger partial charge in [0.1, 0.15) is 12.2 Å². The third-order valence-corrected chi connectivity index (χ3v) is 6.93. The number of aliphatic hydroxyl groups excluding tert-OH is 1. The van der Waals surface area contributed by atoms with Gasteiger partial charge in [-0.05, 0) is 24.8 Å². The fraction of sp³-hybridized carbons (Fsp3) is 0.500. The maximum Gasteiger partial charge on any atom is 0.334 e. The van der Waals surface area contributed by atoms with Crippen molar-refractivity contribution in [2.45, 2.75) is 37.9 Å². The molecular weight excluding hydrogens is 336 g/mol. The average molecular weight is 356 g/mol. The quantitative estimate of drug-likeness (QED) is 0.647. The van der Waals surface area contributed by atoms with Gasteiger partial charge in [0.15, 0.2) is 0 Å². The Morgan fingerprint density at radius 3 is 2.88 bits per heavy atom. The minimum Gasteiger partial charge on any atom is -0.472 e. The van der Waals surface area contributed by atoms with E-state index >= 15 is 0 Å². The number of esters is 2. The number of hydrogen-bond donors (Lipinski definition) is 1. The average Bonchev–Trinajstić information content (AvgIpc) is 3.33. The summed E-state index contributed by atoms with van der Waals surface area (Å²) in [5.74, 6) is -0.955. The molecule has 1 saturated carbocycles. The van der Waals surface area contributed by atoms with Crippen LogP contribution in [0.2, 0.25) is 0 Å². The van der Waals surface area contributed by atoms with Crippen LogP contribution in [0.15, 0.2) is 46.8 Å². The van der Waals surface area contributed by atoms with Crippen LogP contribution in [0.1, 0.15) is 37.4 Å². The third-order valence-electron chi connectivity index (χ3n) is 6.93. The number of carbonyl (C=O) groups excluding carboxylic acids is 2. The lowest BCUT2D eigenvalue weighted by atomic mass is 9.47. The zero-order chi connectivity index (χ0) is 18.1. The summed E-state index contributed by atoms with van der Waals surface area (Å²) in [5, 5.41) is 10.4. The molecule has 1 aromatic heterocycles. The molecule has 2 aliphatic heterocycles. The summed E-state index contributed by atoms with van der Waals surface area (Å²) < 4.78 is 16.5. The maximum absolute atomic E-state index is 13.2. The van der Waals surface area contributed by atoms with Gasteiger partial charge in [-0.1, -0.05) is 18.2 Å². The second kappa shape index (κ2) is 5.10. The molecule has 0 bridgehead atoms. The van der Waals surface area contributed by atoms with E-state index in [1.165, 1.54) is 0 Å². The van der Waals surface area contributed by atoms with Crippen LogP contribution in [0, 0.1) is 16.7 Å². The number of aliphatic hydroxyl groups is 1. The Morgan fingerprint density at radius 1 is 1.31 bits per heavy atom. The van der Waals surface area contributed by atoms with E-state index in [1.807, 2.05) is 6.08 Å². The Morgan fingerprint density at radius 2 is 2.15 bits per heavy atom. The molecule has 3 fully saturated rings. The van der Waals surface area contributed by atoms with Gasteiger partial charge in [-0.25, -0.2) is 4.79 Å². The lowest BCUT2D eigenvalue weighted by Gasteiger charge is -2.53. The smallest absolute Gasteiger partial charge is 0.334 e. The zero-order valence-corrected chi connectivity index (χ0v) is 14.3. The van der Waals surface area contributed by atoms with E-state index in [0.29, 0.717) is 31.3 Å². The van der Waals surface area contributed by atoms with E-state index < -0.39 is 23.0 Å². The number of carbonyl (C=O) groups is 2. The lowest BCUT2D eigenvalue weighted by molar-refractivity contribution is -0.158. The predicted octanol–water partition coefficient (Wildman–Crippen LogP) is 2.45. The maximum atomic E-state index is 13.2. The molecular formula is C20H20O6. The van der Waals surface area contributed by atoms with Crippen LogP contribution in [-0.4, -0.2) is 29.8 Å². The fourth-order valence-corrected chi connectivity index (χ4v) is 5.73. The molecule has 6 heteroatoms. The Labute approximate surface area is 150 Å². The molecule has 5 rings (SSSR count). The van der Waals surface area contributed by atoms with Gasteiger partial charge in [0, 0.05) is 24.0 Å². The van der Waals surface area contributed by atoms with Crippen LogP contribution >= 0.6 is 0 Å². The number of fused-ring (bicyclic) bond motifs is 1. The van der Waals surface area contributed by atoms with Gasteiger partial charge in [-0.3, -0.25) is 4.79 Å². The Balaban J connectivity index is 1.64. The molecule has 1 spiro atoms. The first kappa shape index (κ1) is 15.9. The van der Waals surface area contributed by atoms with Crippen molar-refractivity contribution in [3.8, 4) is 0 Å². The van der Waals surface area contributed by atoms with Crippen molar-refractivity contribution in [3.63, 3.8) is 0 Å². The molecule has 1 N–H and O–H groups in total. The van der Waals surface area contributed by atoms with Gasteiger partial charge in [0.05, 0.1) is 30.0 Å². The first-order valence-electron chi connectivity index (χ1n) is 8.98. The molecule has 6 nitrogen and oxygen atoms in total. The fourth-order valence-electron chi connectivity index (χ4n) is 5.73. The van der Waals surface area contributed by atoms with E-state index in [9.17, 15) is 14.7 Å². The molecule has 0 aromatic carbocycles. The monoisotopic (exact) mass is 356 g/mol. The first-order chi connectivity index (χ1) is 12.5. The molecule has 26 heavy (non-hydrogen) atoms. The molecule has 1 aromatic rings. The van der Waals surface area contributed by atoms with E-state index in [0.717, 1.165) is 11.1 Å². The summed E-state index contributed by atoms with van der Waals surface area (Å²) in [6, 6.07) is 1.79. The highest BCUT2D eigenvalue weighted by atomic mass is 16.6. The minimum atomic E-state index is -0.908. The summed E-state index contributed by atoms with van der Waals surface area (Å²) in [5.41, 5.74) is 0.319. The number of allylic oxidation sites excluding steroid dienone is 1. The van der Waals surface area contributed by atoms with Crippen LogP contribution in [0.5, 0.6) is 0 Å². The summed E-state index contributed by atoms with van der Waals surface area (Å²) in [6.45, 7) is 3.97. The van der Waals surface area contributed by atoms with Crippen LogP contribution < -0.4 is 0 Å². The summed E-state index contributed by atoms with van der Waals surface area (Å²) in [6.07, 6.45) is 6.31. The highest BCUT2D eigenvalue weighted by Crippen LogP contribution is 2.67. The van der Waals surface area contributed by atoms with Crippen LogP contribution in [0.3, 0.4) is 0 Å². The van der Waals surface area contributed by atoms with Crippen molar-refractivity contribution in [1.82, 2.24) is 0 Å². The van der Waals surface area contributed by atoms with E-state index in [4.69, 9.17) is 13.9 Å². The second-order valence-corrected chi connectivity index (χ2v) is 7.77. The molecule has 4 aliphatic rings. The molecule has 0 radical (unpaired) electrons. The van der Waals surface area contributed by atoms with Crippen molar-refractivity contribution in [2.75, 3.05) is 6.61 Å². The minimum absolute atomic E-state index is 0.224. The predicted molar refractivity (Wildman–Crippen MR) is 88.6 cm³/mol. The van der Waals surface area contributed by atoms with Crippen LogP contribution in [0.4, 0.5) is 0 Å². The standard InChI is InChI=1S/C20H20O6/c1-11-7-16-20(10-21)13(17(22)26-16)3-2-4-15(20)19(11)8-14(25-18(19)23)12-5-6-24-9-12/h3,5-6,9,14-16,21H,1-2,4,7-8,10H2/t14-,15-,16-,19-,20-/m1/s1. The van der Waals surface area contributed by atoms with Crippen molar-refractivity contribution >= 4 is 11.9 Å². The number of rotatable bonds is 2. The highest BCUT2D eigenvalue weighted by molar-refractivity contribution is 5.95. The van der Waals surface area contributed by atoms with Crippen molar-refractivity contribution < 1.29 is 28.6 Å². The van der Waals surface area contributed by atoms with Gasteiger partial charge >= 0.3 is 11.9 Å². The lowest BCUT2D eigenvalue weighted by Crippen LogP contribution is -2.58. The normalized spacial score (nSPS) is 41.0. The van der Waals surface area contributed by atoms with Gasteiger partial charge in [-0.2, -0.15) is 0 Å². The number of ether oxygens (including phenoxy) is 2. The SMILES string of the molecule is C=C1C[C@H]2OC(=O)C3=CCC[C@H]([C@@]14C[C@H](c1ccoc1)OC4=O)[C@@]32CO. The van der Waals surface area contributed by atoms with Gasteiger partial charge < -0.3 is 19.0 Å². The molecule has 0 unspecified atom stereocenters. The first-order valence-corrected chi connectivity index (χ1v) is 8.98. The van der Waals surface area contributed by atoms with E-state index in [1.54, 1.807) is 18.6 Å². The topological polar surface area (TPSA) is 86.0 Å². The second-order valence-electron chi connectivity index (χ2n) is 7.77. The van der Waals surface area contributed by atoms with Gasteiger partial charge in [-0.15, -0.1) is 0 Å². The Bertz CT molecular complexity index is 836. The Kier molecular flexibility index (Phi) is 3.11. The van der Waals surface area contributed by atoms with Crippen LogP contribution in [0.25, 0.3) is 0 Å². The molecule has 2 aliphatic carbocycles. The number of hydrogen-bond acceptors (Lipinski definition) is 6. The van der Waals surface area contributed by atoms with E-state index in [2.05, 4.69) is 6.58 Å². The largest absolute Gasteiger partial charge is 0.472 e. The van der Waals surface area contributed by atoms with E-state index in [-0.39, 0.29) is 24.5 Å². The van der Waals surface area contributed by atoms with Gasteiger partial charge in [0.2, 0.25) is 0 Å². The molecule has 3 heterocycles. The summed E-state index contributed by atoms with van der Waals surface area (Å²) in [7, 11) is 0. The van der Waals surface area contributed by atoms with Crippen molar-refractivity contribution in [3.05, 3.63) is 48.0 Å². The number of furan rings is 1. The van der Waals surface area contributed by atoms with Gasteiger partial charge in [0.25, 0.3) is 0 Å². The summed E-state index contributed by atoms with van der Waals surface area (Å²) >= 11 is 0. The molecule has 0 amide bonds. The summed E-state index contributed by atoms with van der Waals surface area (Å²) in [4.78, 5) is 25.6. The zero-order valence-electron chi connectivity index (χ0n) is 14.3. The molecule has 136 valence electrons. The molecule has 2 saturated heterocycles. The number of cyclic esters (lactones) is 1. The third kappa shape index (κ3) is 1.66. The van der Waals surface area contributed by atoms with Crippen molar-refractivity contribution in [2.24, 2.45) is 16.7 Å². The molecule has 5 atom stereocenters.